The van der Waals surface area contributed by atoms with E-state index in [2.05, 4.69) is 38.6 Å². The van der Waals surface area contributed by atoms with Crippen molar-refractivity contribution in [1.29, 1.82) is 0 Å². The van der Waals surface area contributed by atoms with Crippen LogP contribution in [0.5, 0.6) is 0 Å². The molecule has 0 spiro atoms. The molecule has 0 bridgehead atoms. The van der Waals surface area contributed by atoms with Crippen molar-refractivity contribution in [2.45, 2.75) is 26.2 Å². The summed E-state index contributed by atoms with van der Waals surface area (Å²) in [6, 6.07) is 16.0. The van der Waals surface area contributed by atoms with Crippen molar-refractivity contribution >= 4 is 44.6 Å². The van der Waals surface area contributed by atoms with Crippen LogP contribution in [0.15, 0.2) is 54.7 Å². The van der Waals surface area contributed by atoms with Crippen LogP contribution in [0.3, 0.4) is 0 Å². The minimum absolute atomic E-state index is 0.183. The minimum atomic E-state index is -0.183. The Kier molecular flexibility index (Phi) is 5.21. The fourth-order valence-corrected chi connectivity index (χ4v) is 5.51. The van der Waals surface area contributed by atoms with Gasteiger partial charge in [-0.05, 0) is 38.3 Å². The zero-order chi connectivity index (χ0) is 24.1. The smallest absolute Gasteiger partial charge is 0.270 e. The van der Waals surface area contributed by atoms with Crippen LogP contribution in [0.1, 0.15) is 39.2 Å². The molecule has 1 fully saturated rings. The second-order valence-electron chi connectivity index (χ2n) is 9.02. The highest BCUT2D eigenvalue weighted by atomic mass is 32.1. The third-order valence-electron chi connectivity index (χ3n) is 6.55. The number of para-hydroxylation sites is 1. The van der Waals surface area contributed by atoms with E-state index in [0.717, 1.165) is 44.5 Å². The second-order valence-corrected chi connectivity index (χ2v) is 10.2. The maximum absolute atomic E-state index is 13.1. The Morgan fingerprint density at radius 2 is 2.00 bits per heavy atom. The molecular formula is C26H25N7OS. The zero-order valence-corrected chi connectivity index (χ0v) is 20.6. The zero-order valence-electron chi connectivity index (χ0n) is 19.8. The van der Waals surface area contributed by atoms with E-state index in [1.54, 1.807) is 34.2 Å². The molecule has 9 heteroatoms. The monoisotopic (exact) mass is 483 g/mol. The van der Waals surface area contributed by atoms with Gasteiger partial charge in [-0.25, -0.2) is 9.97 Å². The van der Waals surface area contributed by atoms with Gasteiger partial charge in [-0.15, -0.1) is 11.3 Å². The Bertz CT molecular complexity index is 1570. The molecule has 1 amide bonds. The molecule has 0 aliphatic heterocycles. The molecule has 1 N–H and O–H groups in total. The molecule has 0 saturated heterocycles. The first kappa shape index (κ1) is 21.7. The molecule has 176 valence electrons. The first-order valence-corrected chi connectivity index (χ1v) is 12.5. The molecule has 6 rings (SSSR count). The number of fused-ring (bicyclic) bond motifs is 2. The average Bonchev–Trinajstić information content (AvgIpc) is 3.34. The Hall–Kier alpha value is -3.85. The number of pyridine rings is 1. The van der Waals surface area contributed by atoms with Gasteiger partial charge in [0.1, 0.15) is 16.5 Å². The SMILES string of the molecule is Cc1nc(C)c(N(C)c2cc(C(=O)NCC3CC3c3ccc4ccccc4n3)nc3ccnn23)s1. The standard InChI is InChI=1S/C26H25N7OS/c1-15-26(35-16(2)29-15)32(3)24-13-22(31-23-10-11-28-33(23)24)25(34)27-14-18-12-19(18)21-9-8-17-6-4-5-7-20(17)30-21/h4-11,13,18-19H,12,14H2,1-3H3,(H,27,34). The van der Waals surface area contributed by atoms with E-state index in [1.165, 1.54) is 0 Å². The molecule has 8 nitrogen and oxygen atoms in total. The number of rotatable bonds is 6. The van der Waals surface area contributed by atoms with Crippen LogP contribution >= 0.6 is 11.3 Å². The van der Waals surface area contributed by atoms with Crippen molar-refractivity contribution in [2.75, 3.05) is 18.5 Å². The Balaban J connectivity index is 1.19. The summed E-state index contributed by atoms with van der Waals surface area (Å²) in [5.74, 6) is 1.35. The number of anilines is 2. The van der Waals surface area contributed by atoms with Crippen LogP contribution in [0.2, 0.25) is 0 Å². The van der Waals surface area contributed by atoms with Crippen LogP contribution in [0.4, 0.5) is 10.8 Å². The number of carbonyl (C=O) groups is 1. The lowest BCUT2D eigenvalue weighted by Gasteiger charge is -2.19. The van der Waals surface area contributed by atoms with E-state index in [1.807, 2.05) is 44.0 Å². The van der Waals surface area contributed by atoms with Gasteiger partial charge in [0, 0.05) is 42.7 Å². The van der Waals surface area contributed by atoms with Crippen LogP contribution in [-0.4, -0.2) is 44.1 Å². The van der Waals surface area contributed by atoms with Crippen LogP contribution in [0.25, 0.3) is 16.6 Å². The van der Waals surface area contributed by atoms with Gasteiger partial charge in [0.25, 0.3) is 5.91 Å². The van der Waals surface area contributed by atoms with Gasteiger partial charge in [-0.2, -0.15) is 9.61 Å². The van der Waals surface area contributed by atoms with Gasteiger partial charge in [0.15, 0.2) is 5.65 Å². The summed E-state index contributed by atoms with van der Waals surface area (Å²) in [4.78, 5) is 29.0. The molecule has 1 aliphatic rings. The van der Waals surface area contributed by atoms with E-state index in [-0.39, 0.29) is 5.91 Å². The van der Waals surface area contributed by atoms with E-state index < -0.39 is 0 Å². The first-order chi connectivity index (χ1) is 17.0. The Morgan fingerprint density at radius 1 is 1.14 bits per heavy atom. The fraction of sp³-hybridized carbons (Fsp3) is 0.269. The summed E-state index contributed by atoms with van der Waals surface area (Å²) >= 11 is 1.61. The van der Waals surface area contributed by atoms with Crippen molar-refractivity contribution < 1.29 is 4.79 Å². The van der Waals surface area contributed by atoms with Gasteiger partial charge >= 0.3 is 0 Å². The summed E-state index contributed by atoms with van der Waals surface area (Å²) in [6.07, 6.45) is 2.72. The van der Waals surface area contributed by atoms with Crippen molar-refractivity contribution in [3.05, 3.63) is 76.8 Å². The number of aryl methyl sites for hydroxylation is 2. The number of carbonyl (C=O) groups excluding carboxylic acids is 1. The van der Waals surface area contributed by atoms with E-state index in [4.69, 9.17) is 4.98 Å². The normalized spacial score (nSPS) is 17.1. The number of hydrogen-bond acceptors (Lipinski definition) is 7. The average molecular weight is 484 g/mol. The Morgan fingerprint density at radius 3 is 2.83 bits per heavy atom. The topological polar surface area (TPSA) is 88.3 Å². The summed E-state index contributed by atoms with van der Waals surface area (Å²) in [5, 5.41) is 10.7. The van der Waals surface area contributed by atoms with E-state index >= 15 is 0 Å². The van der Waals surface area contributed by atoms with Crippen LogP contribution in [-0.2, 0) is 0 Å². The summed E-state index contributed by atoms with van der Waals surface area (Å²) in [6.45, 7) is 4.58. The third-order valence-corrected chi connectivity index (χ3v) is 7.70. The molecule has 4 aromatic heterocycles. The van der Waals surface area contributed by atoms with E-state index in [0.29, 0.717) is 29.7 Å². The Labute approximate surface area is 206 Å². The number of hydrogen-bond donors (Lipinski definition) is 1. The molecule has 1 saturated carbocycles. The number of nitrogens with one attached hydrogen (secondary N) is 1. The summed E-state index contributed by atoms with van der Waals surface area (Å²) in [5.41, 5.74) is 4.06. The lowest BCUT2D eigenvalue weighted by Crippen LogP contribution is -2.27. The van der Waals surface area contributed by atoms with Crippen LogP contribution in [0, 0.1) is 19.8 Å². The lowest BCUT2D eigenvalue weighted by atomic mass is 10.1. The number of nitrogens with zero attached hydrogens (tertiary/aromatic N) is 6. The molecule has 2 unspecified atom stereocenters. The van der Waals surface area contributed by atoms with Gasteiger partial charge in [-0.1, -0.05) is 24.3 Å². The van der Waals surface area contributed by atoms with Crippen molar-refractivity contribution in [3.63, 3.8) is 0 Å². The molecule has 35 heavy (non-hydrogen) atoms. The maximum atomic E-state index is 13.1. The second kappa shape index (κ2) is 8.42. The van der Waals surface area contributed by atoms with Gasteiger partial charge in [-0.3, -0.25) is 9.78 Å². The van der Waals surface area contributed by atoms with E-state index in [9.17, 15) is 4.79 Å². The number of aromatic nitrogens is 5. The van der Waals surface area contributed by atoms with Crippen molar-refractivity contribution in [1.82, 2.24) is 29.9 Å². The highest BCUT2D eigenvalue weighted by Crippen LogP contribution is 2.46. The minimum Gasteiger partial charge on any atom is -0.350 e. The first-order valence-electron chi connectivity index (χ1n) is 11.6. The summed E-state index contributed by atoms with van der Waals surface area (Å²) in [7, 11) is 1.96. The highest BCUT2D eigenvalue weighted by molar-refractivity contribution is 7.15. The van der Waals surface area contributed by atoms with Gasteiger partial charge in [0.2, 0.25) is 0 Å². The van der Waals surface area contributed by atoms with Crippen molar-refractivity contribution in [3.8, 4) is 0 Å². The molecule has 1 aliphatic carbocycles. The molecule has 5 aromatic rings. The van der Waals surface area contributed by atoms with Crippen LogP contribution < -0.4 is 10.2 Å². The predicted molar refractivity (Wildman–Crippen MR) is 138 cm³/mol. The molecule has 2 atom stereocenters. The fourth-order valence-electron chi connectivity index (χ4n) is 4.63. The highest BCUT2D eigenvalue weighted by Gasteiger charge is 2.39. The van der Waals surface area contributed by atoms with Gasteiger partial charge in [0.05, 0.1) is 22.4 Å². The molecule has 0 radical (unpaired) electrons. The van der Waals surface area contributed by atoms with Gasteiger partial charge < -0.3 is 10.2 Å². The molecular weight excluding hydrogens is 458 g/mol. The largest absolute Gasteiger partial charge is 0.350 e. The maximum Gasteiger partial charge on any atom is 0.270 e. The van der Waals surface area contributed by atoms with Crippen molar-refractivity contribution in [2.24, 2.45) is 5.92 Å². The summed E-state index contributed by atoms with van der Waals surface area (Å²) < 4.78 is 1.74. The third kappa shape index (κ3) is 4.01. The number of thiazole rings is 1. The lowest BCUT2D eigenvalue weighted by molar-refractivity contribution is 0.0946. The molecule has 4 heterocycles. The number of amides is 1. The quantitative estimate of drug-likeness (QED) is 0.378. The number of benzene rings is 1. The molecule has 1 aromatic carbocycles. The predicted octanol–water partition coefficient (Wildman–Crippen LogP) is 4.65.